The molecule has 2 aliphatic rings. The lowest BCUT2D eigenvalue weighted by molar-refractivity contribution is -0.0384. The fourth-order valence-electron chi connectivity index (χ4n) is 6.38. The third-order valence-corrected chi connectivity index (χ3v) is 10.0. The number of sulfonamides is 1. The second kappa shape index (κ2) is 15.5. The molecule has 6 atom stereocenters. The van der Waals surface area contributed by atoms with Crippen LogP contribution < -0.4 is 26.0 Å². The highest BCUT2D eigenvalue weighted by Crippen LogP contribution is 2.39. The van der Waals surface area contributed by atoms with E-state index < -0.39 is 46.6 Å². The molecule has 9 N–H and O–H groups in total. The van der Waals surface area contributed by atoms with Gasteiger partial charge in [-0.25, -0.2) is 23.3 Å². The molecular weight excluding hydrogens is 727 g/mol. The number of hydrogen-bond donors (Lipinski definition) is 8. The number of hydrogen-bond acceptors (Lipinski definition) is 16. The first-order chi connectivity index (χ1) is 26.0. The van der Waals surface area contributed by atoms with Crippen molar-refractivity contribution in [2.75, 3.05) is 41.8 Å². The van der Waals surface area contributed by atoms with Gasteiger partial charge in [-0.3, -0.25) is 4.57 Å². The maximum Gasteiger partial charge on any atom is 0.319 e. The van der Waals surface area contributed by atoms with Gasteiger partial charge in [0, 0.05) is 24.8 Å². The van der Waals surface area contributed by atoms with Crippen molar-refractivity contribution in [2.45, 2.75) is 60.9 Å². The quantitative estimate of drug-likeness (QED) is 0.0703. The number of benzene rings is 2. The van der Waals surface area contributed by atoms with E-state index in [-0.39, 0.29) is 48.1 Å². The van der Waals surface area contributed by atoms with Crippen LogP contribution in [0.2, 0.25) is 0 Å². The summed E-state index contributed by atoms with van der Waals surface area (Å²) in [6.07, 6.45) is -2.80. The maximum absolute atomic E-state index is 12.9. The third kappa shape index (κ3) is 7.94. The lowest BCUT2D eigenvalue weighted by Gasteiger charge is -2.22. The van der Waals surface area contributed by atoms with E-state index in [0.717, 1.165) is 10.4 Å². The number of fused-ring (bicyclic) bond motifs is 1. The number of anilines is 3. The highest BCUT2D eigenvalue weighted by Gasteiger charge is 2.47. The minimum atomic E-state index is -3.88. The van der Waals surface area contributed by atoms with Crippen molar-refractivity contribution >= 4 is 44.7 Å². The van der Waals surface area contributed by atoms with E-state index in [0.29, 0.717) is 43.0 Å². The Morgan fingerprint density at radius 2 is 1.83 bits per heavy atom. The summed E-state index contributed by atoms with van der Waals surface area (Å²) in [4.78, 5) is 30.0. The molecule has 2 saturated heterocycles. The summed E-state index contributed by atoms with van der Waals surface area (Å²) in [5.41, 5.74) is 1.92. The molecule has 3 aromatic heterocycles. The SMILES string of the molecule is NS(=O)(=O)c1ccc(NC(=O)N[C@@H]2CCN(c3nc(N[C@H](CO)Cc4ccccc4)c4ncn([C@@H]5O[C@H](c6nnn(CCO)n6)[C@@H](O)[C@@H]5O)c4n3)C2)cc1. The van der Waals surface area contributed by atoms with Gasteiger partial charge in [0.1, 0.15) is 12.2 Å². The number of carbonyl (C=O) groups excluding carboxylic acids is 1. The summed E-state index contributed by atoms with van der Waals surface area (Å²) in [6.45, 7) is 0.408. The molecule has 0 unspecified atom stereocenters. The van der Waals surface area contributed by atoms with E-state index in [1.165, 1.54) is 35.2 Å². The Hall–Kier alpha value is -5.36. The lowest BCUT2D eigenvalue weighted by atomic mass is 10.1. The van der Waals surface area contributed by atoms with Crippen LogP contribution in [0.25, 0.3) is 11.2 Å². The molecule has 0 bridgehead atoms. The highest BCUT2D eigenvalue weighted by molar-refractivity contribution is 7.89. The van der Waals surface area contributed by atoms with Crippen LogP contribution >= 0.6 is 0 Å². The van der Waals surface area contributed by atoms with Gasteiger partial charge in [-0.2, -0.15) is 14.8 Å². The standard InChI is InChI=1S/C32H39N13O8S/c33-54(51,52)22-8-6-19(7-9-22)36-32(50)37-20-10-11-43(15-20)31-38-27(35-21(16-47)14-18-4-2-1-3-5-18)23-29(39-31)44(17-34-23)30-25(49)24(48)26(53-30)28-40-42-45(41-28)12-13-46/h1-9,17,20-21,24-26,30,46-49H,10-16H2,(H2,33,51,52)(H,35,38,39)(H2,36,37,50)/t20-,21+,24+,25+,26+,30-/m1/s1. The number of ether oxygens (including phenoxy) is 1. The van der Waals surface area contributed by atoms with Gasteiger partial charge in [0.25, 0.3) is 0 Å². The fourth-order valence-corrected chi connectivity index (χ4v) is 6.90. The van der Waals surface area contributed by atoms with Gasteiger partial charge in [-0.1, -0.05) is 30.3 Å². The van der Waals surface area contributed by atoms with Crippen LogP contribution in [0.1, 0.15) is 30.1 Å². The predicted molar refractivity (Wildman–Crippen MR) is 190 cm³/mol. The van der Waals surface area contributed by atoms with Gasteiger partial charge in [-0.05, 0) is 47.9 Å². The third-order valence-electron chi connectivity index (χ3n) is 9.08. The van der Waals surface area contributed by atoms with Crippen LogP contribution in [0.4, 0.5) is 22.2 Å². The van der Waals surface area contributed by atoms with Crippen molar-refractivity contribution in [3.05, 3.63) is 72.3 Å². The largest absolute Gasteiger partial charge is 0.394 e. The maximum atomic E-state index is 12.9. The van der Waals surface area contributed by atoms with E-state index in [2.05, 4.69) is 36.3 Å². The first-order valence-corrected chi connectivity index (χ1v) is 18.6. The van der Waals surface area contributed by atoms with Crippen molar-refractivity contribution in [3.63, 3.8) is 0 Å². The predicted octanol–water partition coefficient (Wildman–Crippen LogP) is -1.14. The fraction of sp³-hybridized carbons (Fsp3) is 0.406. The average molecular weight is 766 g/mol. The van der Waals surface area contributed by atoms with Crippen molar-refractivity contribution in [2.24, 2.45) is 5.14 Å². The normalized spacial score (nSPS) is 22.1. The van der Waals surface area contributed by atoms with Gasteiger partial charge in [-0.15, -0.1) is 10.2 Å². The molecule has 0 radical (unpaired) electrons. The Kier molecular flexibility index (Phi) is 10.6. The topological polar surface area (TPSA) is 294 Å². The van der Waals surface area contributed by atoms with Crippen LogP contribution in [0.5, 0.6) is 0 Å². The molecule has 286 valence electrons. The minimum Gasteiger partial charge on any atom is -0.394 e. The molecule has 2 aromatic carbocycles. The van der Waals surface area contributed by atoms with E-state index in [9.17, 15) is 33.6 Å². The van der Waals surface area contributed by atoms with Crippen LogP contribution in [-0.2, 0) is 27.7 Å². The zero-order chi connectivity index (χ0) is 38.0. The summed E-state index contributed by atoms with van der Waals surface area (Å²) in [6, 6.07) is 13.8. The zero-order valence-electron chi connectivity index (χ0n) is 28.6. The monoisotopic (exact) mass is 765 g/mol. The molecule has 2 amide bonds. The number of aliphatic hydroxyl groups is 4. The number of primary sulfonamides is 1. The Morgan fingerprint density at radius 1 is 1.06 bits per heavy atom. The van der Waals surface area contributed by atoms with Gasteiger partial charge in [0.2, 0.25) is 21.8 Å². The van der Waals surface area contributed by atoms with Gasteiger partial charge in [0.15, 0.2) is 29.3 Å². The van der Waals surface area contributed by atoms with Crippen LogP contribution in [0, 0.1) is 0 Å². The Morgan fingerprint density at radius 3 is 2.56 bits per heavy atom. The van der Waals surface area contributed by atoms with E-state index in [4.69, 9.17) is 19.8 Å². The van der Waals surface area contributed by atoms with Crippen LogP contribution in [0.15, 0.2) is 65.8 Å². The van der Waals surface area contributed by atoms with Gasteiger partial charge >= 0.3 is 6.03 Å². The first kappa shape index (κ1) is 37.0. The molecule has 54 heavy (non-hydrogen) atoms. The molecular formula is C32H39N13O8S. The zero-order valence-corrected chi connectivity index (χ0v) is 29.4. The van der Waals surface area contributed by atoms with Gasteiger partial charge in [0.05, 0.1) is 37.0 Å². The molecule has 2 fully saturated rings. The number of carbonyl (C=O) groups is 1. The van der Waals surface area contributed by atoms with Crippen molar-refractivity contribution in [1.82, 2.24) is 45.0 Å². The average Bonchev–Trinajstić information content (AvgIpc) is 3.96. The Bertz CT molecular complexity index is 2190. The molecule has 0 spiro atoms. The number of nitrogens with one attached hydrogen (secondary N) is 3. The van der Waals surface area contributed by atoms with Crippen molar-refractivity contribution < 1.29 is 38.4 Å². The number of urea groups is 1. The molecule has 22 heteroatoms. The van der Waals surface area contributed by atoms with Crippen LogP contribution in [0.3, 0.4) is 0 Å². The number of tetrazole rings is 1. The summed E-state index contributed by atoms with van der Waals surface area (Å²) >= 11 is 0. The smallest absolute Gasteiger partial charge is 0.319 e. The van der Waals surface area contributed by atoms with E-state index in [1.807, 2.05) is 35.2 Å². The minimum absolute atomic E-state index is 0.0199. The molecule has 21 nitrogen and oxygen atoms in total. The molecule has 0 aliphatic carbocycles. The second-order valence-corrected chi connectivity index (χ2v) is 14.5. The Labute approximate surface area is 307 Å². The van der Waals surface area contributed by atoms with E-state index >= 15 is 0 Å². The van der Waals surface area contributed by atoms with Crippen LogP contribution in [-0.4, -0.2) is 125 Å². The molecule has 5 aromatic rings. The highest BCUT2D eigenvalue weighted by atomic mass is 32.2. The summed E-state index contributed by atoms with van der Waals surface area (Å²) in [5.74, 6) is 0.593. The summed E-state index contributed by atoms with van der Waals surface area (Å²) < 4.78 is 30.7. The number of nitrogens with zero attached hydrogens (tertiary/aromatic N) is 9. The number of imidazole rings is 1. The number of rotatable bonds is 13. The number of aromatic nitrogens is 8. The molecule has 7 rings (SSSR count). The number of amides is 2. The summed E-state index contributed by atoms with van der Waals surface area (Å²) in [7, 11) is -3.88. The molecule has 0 saturated carbocycles. The number of aliphatic hydroxyl groups excluding tert-OH is 4. The molecule has 2 aliphatic heterocycles. The molecule has 5 heterocycles. The van der Waals surface area contributed by atoms with Crippen molar-refractivity contribution in [1.29, 1.82) is 0 Å². The van der Waals surface area contributed by atoms with Gasteiger partial charge < -0.3 is 46.0 Å². The Balaban J connectivity index is 1.14. The second-order valence-electron chi connectivity index (χ2n) is 12.9. The lowest BCUT2D eigenvalue weighted by Crippen LogP contribution is -2.40. The summed E-state index contributed by atoms with van der Waals surface area (Å²) in [5, 5.41) is 67.7. The first-order valence-electron chi connectivity index (χ1n) is 17.0. The van der Waals surface area contributed by atoms with E-state index in [1.54, 1.807) is 0 Å². The number of nitrogens with two attached hydrogens (primary N) is 1. The van der Waals surface area contributed by atoms with Crippen molar-refractivity contribution in [3.8, 4) is 0 Å².